The Hall–Kier alpha value is -5.04. The first kappa shape index (κ1) is 128. The van der Waals surface area contributed by atoms with Crippen molar-refractivity contribution in [1.29, 1.82) is 0 Å². The van der Waals surface area contributed by atoms with E-state index in [1.807, 2.05) is 116 Å². The number of nitrogens with zero attached hydrogens (tertiary/aromatic N) is 1. The average molecular weight is 1520 g/mol. The Labute approximate surface area is 671 Å². The Morgan fingerprint density at radius 2 is 0.785 bits per heavy atom. The number of hydrogen-bond acceptors (Lipinski definition) is 8. The van der Waals surface area contributed by atoms with Crippen LogP contribution in [0.1, 0.15) is 384 Å². The molecule has 0 aromatic rings. The number of rotatable bonds is 2. The Bertz CT molecular complexity index is 3050. The summed E-state index contributed by atoms with van der Waals surface area (Å²) in [4.78, 5) is 13.6. The molecule has 1 unspecified atom stereocenters. The SMILES string of the molecule is C.C.C.C.C.C.CC#CC(C)(C)C.CC(C)(C)C#CC(C)(C)O.CC(C)(C)C#CC(C)(C)O.CC(C)(C)C#CC1(O)CCC1.CC(C)(C)C#CC1(O)CCCC1.CC(C)(C)C#CC1=CCCC1.CC(C)(C)C#CCNS(C)(=O)=O.CC(C)(C)C(=O)N1CCCC1.CC(O)C#CC(C)(C)C.CCC#CC(C)(C)C. The van der Waals surface area contributed by atoms with E-state index < -0.39 is 38.5 Å². The number of aliphatic hydroxyl groups is 5. The van der Waals surface area contributed by atoms with E-state index in [0.29, 0.717) is 5.91 Å². The van der Waals surface area contributed by atoms with Gasteiger partial charge >= 0.3 is 0 Å². The van der Waals surface area contributed by atoms with Gasteiger partial charge in [0.15, 0.2) is 0 Å². The number of amides is 1. The van der Waals surface area contributed by atoms with Gasteiger partial charge in [-0.25, -0.2) is 13.1 Å². The largest absolute Gasteiger partial charge is 0.381 e. The maximum Gasteiger partial charge on any atom is 0.227 e. The highest BCUT2D eigenvalue weighted by atomic mass is 32.2. The summed E-state index contributed by atoms with van der Waals surface area (Å²) < 4.78 is 23.4. The highest BCUT2D eigenvalue weighted by molar-refractivity contribution is 7.88. The van der Waals surface area contributed by atoms with Crippen LogP contribution < -0.4 is 4.72 Å². The van der Waals surface area contributed by atoms with Crippen molar-refractivity contribution in [2.24, 2.45) is 54.1 Å². The van der Waals surface area contributed by atoms with Gasteiger partial charge in [-0.1, -0.05) is 173 Å². The van der Waals surface area contributed by atoms with Gasteiger partial charge in [-0.15, -0.1) is 11.8 Å². The van der Waals surface area contributed by atoms with E-state index in [2.05, 4.69) is 228 Å². The van der Waals surface area contributed by atoms with Gasteiger partial charge in [-0.3, -0.25) is 4.79 Å². The Morgan fingerprint density at radius 3 is 0.981 bits per heavy atom. The van der Waals surface area contributed by atoms with Gasteiger partial charge in [0.1, 0.15) is 28.5 Å². The number of aliphatic hydroxyl groups excluding tert-OH is 1. The number of hydrogen-bond donors (Lipinski definition) is 6. The van der Waals surface area contributed by atoms with Crippen molar-refractivity contribution in [3.8, 4) is 107 Å². The summed E-state index contributed by atoms with van der Waals surface area (Å²) in [5, 5.41) is 46.6. The number of carbonyl (C=O) groups excluding carboxylic acids is 1. The summed E-state index contributed by atoms with van der Waals surface area (Å²) >= 11 is 0. The maximum atomic E-state index is 11.6. The number of allylic oxidation sites excluding steroid dienone is 2. The molecule has 107 heavy (non-hydrogen) atoms. The van der Waals surface area contributed by atoms with Gasteiger partial charge < -0.3 is 30.4 Å². The quantitative estimate of drug-likeness (QED) is 0.149. The number of sulfonamides is 1. The van der Waals surface area contributed by atoms with Crippen LogP contribution in [0, 0.1) is 161 Å². The number of likely N-dealkylation sites (tertiary alicyclic amines) is 1. The molecule has 6 N–H and O–H groups in total. The summed E-state index contributed by atoms with van der Waals surface area (Å²) in [5.41, 5.74) is -1.36. The molecule has 11 heteroatoms. The number of carbonyl (C=O) groups is 1. The first-order valence-corrected chi connectivity index (χ1v) is 38.6. The fourth-order valence-corrected chi connectivity index (χ4v) is 7.32. The molecule has 0 spiro atoms. The summed E-state index contributed by atoms with van der Waals surface area (Å²) in [6, 6.07) is 0. The van der Waals surface area contributed by atoms with Crippen LogP contribution >= 0.6 is 0 Å². The van der Waals surface area contributed by atoms with E-state index in [9.17, 15) is 33.6 Å². The lowest BCUT2D eigenvalue weighted by molar-refractivity contribution is -0.138. The lowest BCUT2D eigenvalue weighted by Crippen LogP contribution is -2.37. The molecule has 4 aliphatic rings. The highest BCUT2D eigenvalue weighted by Gasteiger charge is 2.33. The second-order valence-electron chi connectivity index (χ2n) is 38.0. The zero-order valence-electron chi connectivity index (χ0n) is 72.3. The van der Waals surface area contributed by atoms with Crippen LogP contribution in [0.25, 0.3) is 0 Å². The third-order valence-electron chi connectivity index (χ3n) is 11.8. The smallest absolute Gasteiger partial charge is 0.227 e. The zero-order chi connectivity index (χ0) is 81.3. The molecule has 0 radical (unpaired) electrons. The van der Waals surface area contributed by atoms with E-state index in [-0.39, 0.29) is 105 Å². The summed E-state index contributed by atoms with van der Waals surface area (Å²) in [6.45, 7) is 76.0. The van der Waals surface area contributed by atoms with Crippen LogP contribution in [0.15, 0.2) is 11.6 Å². The lowest BCUT2D eigenvalue weighted by Gasteiger charge is -2.31. The van der Waals surface area contributed by atoms with Crippen molar-refractivity contribution in [3.63, 3.8) is 0 Å². The Morgan fingerprint density at radius 1 is 0.467 bits per heavy atom. The predicted molar refractivity (Wildman–Crippen MR) is 478 cm³/mol. The van der Waals surface area contributed by atoms with Crippen LogP contribution in [0.3, 0.4) is 0 Å². The van der Waals surface area contributed by atoms with Crippen LogP contribution in [-0.2, 0) is 14.8 Å². The van der Waals surface area contributed by atoms with Crippen molar-refractivity contribution in [2.45, 2.75) is 413 Å². The third kappa shape index (κ3) is 112. The first-order valence-electron chi connectivity index (χ1n) is 36.8. The molecule has 1 atom stereocenters. The topological polar surface area (TPSA) is 168 Å². The predicted octanol–water partition coefficient (Wildman–Crippen LogP) is 23.0. The van der Waals surface area contributed by atoms with Crippen molar-refractivity contribution < 1.29 is 38.7 Å². The minimum absolute atomic E-state index is 0. The van der Waals surface area contributed by atoms with E-state index in [4.69, 9.17) is 5.11 Å². The second kappa shape index (κ2) is 57.1. The molecular weight excluding hydrogens is 1340 g/mol. The molecule has 0 aromatic heterocycles. The standard InChI is InChI=1S/C11H18O.C11H16.C10H16O.C9H17NO.2C9H16O.C8H15NO2S.C8H14O.C8H14.C7H12.6CH4/c1-10(2,3)8-9-11(12)6-4-5-7-11;1-11(2,3)9-8-10-6-4-5-7-10;1-9(2,3)7-8-10(11)5-4-6-10;1-9(2,3)8(11)10-6-4-5-7-10;2*1-8(2,3)6-7-9(4,5)10;1-8(2,3)6-5-7-9-12(4,10)11;1-7(9)5-6-8(2,3)4;1-5-6-7-8(2,3)4;1-5-6-7(2,3)4;;;;;;/h12H,4-7H2,1-3H3;6H,4-5,7H2,1-3H3;11H,4-6H2,1-3H3;4-7H2,1-3H3;2*10H,1-5H3;9H,7H2,1-4H3;7,9H,1-4H3;5H2,1-4H3;1-4H3;6*1H4. The molecule has 1 amide bonds. The van der Waals surface area contributed by atoms with Crippen LogP contribution in [0.4, 0.5) is 0 Å². The van der Waals surface area contributed by atoms with E-state index >= 15 is 0 Å². The zero-order valence-corrected chi connectivity index (χ0v) is 73.1. The van der Waals surface area contributed by atoms with Gasteiger partial charge in [-0.05, 0) is 311 Å². The molecule has 0 aromatic carbocycles. The molecule has 2 saturated carbocycles. The van der Waals surface area contributed by atoms with Crippen molar-refractivity contribution >= 4 is 15.9 Å². The summed E-state index contributed by atoms with van der Waals surface area (Å²) in [5.74, 6) is 53.7. The van der Waals surface area contributed by atoms with Gasteiger partial charge in [0.25, 0.3) is 0 Å². The van der Waals surface area contributed by atoms with Crippen LogP contribution in [0.2, 0.25) is 0 Å². The van der Waals surface area contributed by atoms with E-state index in [1.54, 1.807) is 34.6 Å². The molecule has 1 saturated heterocycles. The summed E-state index contributed by atoms with van der Waals surface area (Å²) in [7, 11) is -3.09. The Kier molecular flexibility index (Phi) is 68.5. The molecule has 10 nitrogen and oxygen atoms in total. The molecule has 3 aliphatic carbocycles. The molecule has 1 heterocycles. The molecule has 626 valence electrons. The molecule has 1 aliphatic heterocycles. The van der Waals surface area contributed by atoms with Crippen molar-refractivity contribution in [1.82, 2.24) is 9.62 Å². The Balaban J connectivity index is -0.0000000935. The van der Waals surface area contributed by atoms with Crippen LogP contribution in [-0.4, -0.2) is 99.2 Å². The minimum atomic E-state index is -3.09. The molecule has 4 rings (SSSR count). The molecule has 3 fully saturated rings. The lowest BCUT2D eigenvalue weighted by atomic mass is 9.80. The van der Waals surface area contributed by atoms with Crippen molar-refractivity contribution in [2.75, 3.05) is 25.9 Å². The minimum Gasteiger partial charge on any atom is -0.381 e. The number of nitrogens with one attached hydrogen (secondary N) is 1. The molecule has 0 bridgehead atoms. The maximum absolute atomic E-state index is 11.6. The summed E-state index contributed by atoms with van der Waals surface area (Å²) in [6.07, 6.45) is 16.7. The normalized spacial score (nSPS) is 14.5. The van der Waals surface area contributed by atoms with E-state index in [1.165, 1.54) is 37.7 Å². The van der Waals surface area contributed by atoms with Gasteiger partial charge in [0.2, 0.25) is 15.9 Å². The first-order chi connectivity index (χ1) is 44.6. The van der Waals surface area contributed by atoms with Gasteiger partial charge in [0, 0.05) is 73.7 Å². The monoisotopic (exact) mass is 1520 g/mol. The van der Waals surface area contributed by atoms with Gasteiger partial charge in [0.05, 0.1) is 12.8 Å². The van der Waals surface area contributed by atoms with Crippen molar-refractivity contribution in [3.05, 3.63) is 11.6 Å². The fourth-order valence-electron chi connectivity index (χ4n) is 6.98. The average Bonchev–Trinajstić information content (AvgIpc) is 1.70. The fraction of sp³-hybridized carbons (Fsp3) is 0.781. The van der Waals surface area contributed by atoms with Crippen LogP contribution in [0.5, 0.6) is 0 Å². The second-order valence-corrected chi connectivity index (χ2v) is 39.8. The highest BCUT2D eigenvalue weighted by Crippen LogP contribution is 2.32. The van der Waals surface area contributed by atoms with E-state index in [0.717, 1.165) is 70.7 Å². The molecular formula is C96H178N2O8S. The van der Waals surface area contributed by atoms with Gasteiger partial charge in [-0.2, -0.15) is 0 Å². The third-order valence-corrected chi connectivity index (χ3v) is 12.5.